The number of nitrogens with one attached hydrogen (secondary N) is 1. The fraction of sp³-hybridized carbons (Fsp3) is 0.854. The first kappa shape index (κ1) is 54.4. The summed E-state index contributed by atoms with van der Waals surface area (Å²) in [7, 11) is 0. The van der Waals surface area contributed by atoms with E-state index in [2.05, 4.69) is 44.3 Å². The van der Waals surface area contributed by atoms with Crippen LogP contribution in [0, 0.1) is 0 Å². The summed E-state index contributed by atoms with van der Waals surface area (Å²) < 4.78 is 11.1. The van der Waals surface area contributed by atoms with Gasteiger partial charge in [0.15, 0.2) is 6.29 Å². The third kappa shape index (κ3) is 27.3. The second-order valence-corrected chi connectivity index (χ2v) is 16.9. The van der Waals surface area contributed by atoms with Gasteiger partial charge in [0.1, 0.15) is 30.5 Å². The normalized spacial score (nSPS) is 21.9. The SMILES string of the molecule is CCCCCCCC=CC(C)=CCCC=CC(O)C(COC1OC(CO)C(O)C(O)C1O)NC(=O)C(O)CCCCCCCCCCCCCCCCCCCCC. The maximum atomic E-state index is 13.1. The van der Waals surface area contributed by atoms with Crippen LogP contribution in [-0.2, 0) is 14.3 Å². The highest BCUT2D eigenvalue weighted by molar-refractivity contribution is 5.80. The molecule has 0 radical (unpaired) electrons. The molecule has 1 heterocycles. The minimum atomic E-state index is -1.62. The van der Waals surface area contributed by atoms with Crippen LogP contribution in [0.25, 0.3) is 0 Å². The highest BCUT2D eigenvalue weighted by Gasteiger charge is 2.44. The molecule has 0 aromatic carbocycles. The fourth-order valence-electron chi connectivity index (χ4n) is 7.44. The van der Waals surface area contributed by atoms with Gasteiger partial charge in [-0.15, -0.1) is 0 Å². The molecule has 1 saturated heterocycles. The lowest BCUT2D eigenvalue weighted by Gasteiger charge is -2.40. The summed E-state index contributed by atoms with van der Waals surface area (Å²) in [6, 6.07) is -1.01. The van der Waals surface area contributed by atoms with Crippen LogP contribution < -0.4 is 5.32 Å². The van der Waals surface area contributed by atoms with Crippen molar-refractivity contribution in [3.8, 4) is 0 Å². The van der Waals surface area contributed by atoms with Gasteiger partial charge in [0.25, 0.3) is 0 Å². The molecule has 0 aromatic heterocycles. The maximum absolute atomic E-state index is 13.1. The van der Waals surface area contributed by atoms with Gasteiger partial charge in [-0.3, -0.25) is 4.79 Å². The predicted molar refractivity (Wildman–Crippen MR) is 236 cm³/mol. The molecule has 0 bridgehead atoms. The molecule has 1 aliphatic rings. The van der Waals surface area contributed by atoms with Gasteiger partial charge >= 0.3 is 0 Å². The number of aliphatic hydroxyl groups is 6. The fourth-order valence-corrected chi connectivity index (χ4v) is 7.44. The van der Waals surface area contributed by atoms with Gasteiger partial charge in [-0.2, -0.15) is 0 Å². The van der Waals surface area contributed by atoms with E-state index < -0.39 is 61.5 Å². The lowest BCUT2D eigenvalue weighted by Crippen LogP contribution is -2.60. The summed E-state index contributed by atoms with van der Waals surface area (Å²) in [6.45, 7) is 5.63. The summed E-state index contributed by atoms with van der Waals surface area (Å²) in [5.41, 5.74) is 1.18. The van der Waals surface area contributed by atoms with Crippen LogP contribution in [0.1, 0.15) is 201 Å². The van der Waals surface area contributed by atoms with E-state index >= 15 is 0 Å². The summed E-state index contributed by atoms with van der Waals surface area (Å²) in [4.78, 5) is 13.1. The number of hydrogen-bond donors (Lipinski definition) is 7. The Hall–Kier alpha value is -1.63. The first-order valence-electron chi connectivity index (χ1n) is 23.7. The molecule has 0 saturated carbocycles. The molecule has 0 spiro atoms. The van der Waals surface area contributed by atoms with Gasteiger partial charge in [0.05, 0.1) is 25.4 Å². The van der Waals surface area contributed by atoms with Gasteiger partial charge in [0.2, 0.25) is 5.91 Å². The third-order valence-electron chi connectivity index (χ3n) is 11.4. The Morgan fingerprint density at radius 1 is 0.655 bits per heavy atom. The maximum Gasteiger partial charge on any atom is 0.249 e. The van der Waals surface area contributed by atoms with Crippen molar-refractivity contribution in [3.05, 3.63) is 36.0 Å². The van der Waals surface area contributed by atoms with Crippen molar-refractivity contribution in [2.45, 2.75) is 250 Å². The Balaban J connectivity index is 2.45. The van der Waals surface area contributed by atoms with Crippen molar-refractivity contribution in [1.29, 1.82) is 0 Å². The minimum absolute atomic E-state index is 0.301. The number of amides is 1. The number of rotatable bonds is 38. The number of ether oxygens (including phenoxy) is 2. The van der Waals surface area contributed by atoms with Gasteiger partial charge in [-0.25, -0.2) is 0 Å². The molecule has 10 nitrogen and oxygen atoms in total. The topological polar surface area (TPSA) is 169 Å². The predicted octanol–water partition coefficient (Wildman–Crippen LogP) is 9.03. The van der Waals surface area contributed by atoms with Crippen LogP contribution in [0.5, 0.6) is 0 Å². The van der Waals surface area contributed by atoms with Crippen molar-refractivity contribution >= 4 is 5.91 Å². The van der Waals surface area contributed by atoms with Crippen molar-refractivity contribution in [2.75, 3.05) is 13.2 Å². The Morgan fingerprint density at radius 3 is 1.67 bits per heavy atom. The number of hydrogen-bond acceptors (Lipinski definition) is 9. The molecule has 8 unspecified atom stereocenters. The van der Waals surface area contributed by atoms with Gasteiger partial charge < -0.3 is 45.4 Å². The van der Waals surface area contributed by atoms with Crippen molar-refractivity contribution in [2.24, 2.45) is 0 Å². The van der Waals surface area contributed by atoms with E-state index in [1.54, 1.807) is 6.08 Å². The van der Waals surface area contributed by atoms with E-state index in [1.807, 2.05) is 6.08 Å². The zero-order valence-corrected chi connectivity index (χ0v) is 37.1. The summed E-state index contributed by atoms with van der Waals surface area (Å²) in [5.74, 6) is -0.632. The first-order chi connectivity index (χ1) is 28.2. The minimum Gasteiger partial charge on any atom is -0.394 e. The molecule has 8 atom stereocenters. The van der Waals surface area contributed by atoms with Crippen molar-refractivity contribution < 1.29 is 44.9 Å². The zero-order chi connectivity index (χ0) is 42.6. The van der Waals surface area contributed by atoms with Gasteiger partial charge in [-0.1, -0.05) is 197 Å². The Bertz CT molecular complexity index is 1050. The molecule has 340 valence electrons. The number of carbonyl (C=O) groups is 1. The number of allylic oxidation sites excluding steroid dienone is 5. The van der Waals surface area contributed by atoms with E-state index in [0.29, 0.717) is 19.3 Å². The van der Waals surface area contributed by atoms with Crippen molar-refractivity contribution in [3.63, 3.8) is 0 Å². The molecular formula is C48H89NO9. The smallest absolute Gasteiger partial charge is 0.249 e. The third-order valence-corrected chi connectivity index (χ3v) is 11.4. The first-order valence-corrected chi connectivity index (χ1v) is 23.7. The molecule has 1 rings (SSSR count). The van der Waals surface area contributed by atoms with Crippen LogP contribution in [0.2, 0.25) is 0 Å². The largest absolute Gasteiger partial charge is 0.394 e. The monoisotopic (exact) mass is 824 g/mol. The Labute approximate surface area is 354 Å². The average Bonchev–Trinajstić information content (AvgIpc) is 3.22. The summed E-state index contributed by atoms with van der Waals surface area (Å²) >= 11 is 0. The summed E-state index contributed by atoms with van der Waals surface area (Å²) in [5, 5.41) is 64.7. The Kier molecular flexibility index (Phi) is 34.8. The van der Waals surface area contributed by atoms with E-state index in [-0.39, 0.29) is 6.61 Å². The molecule has 10 heteroatoms. The second kappa shape index (κ2) is 37.2. The van der Waals surface area contributed by atoms with Crippen LogP contribution in [-0.4, -0.2) is 98.7 Å². The molecule has 1 amide bonds. The number of aliphatic hydroxyl groups excluding tert-OH is 6. The van der Waals surface area contributed by atoms with Gasteiger partial charge in [0, 0.05) is 0 Å². The molecular weight excluding hydrogens is 735 g/mol. The van der Waals surface area contributed by atoms with Crippen LogP contribution in [0.3, 0.4) is 0 Å². The summed E-state index contributed by atoms with van der Waals surface area (Å²) in [6.07, 6.45) is 33.4. The highest BCUT2D eigenvalue weighted by atomic mass is 16.7. The Morgan fingerprint density at radius 2 is 1.16 bits per heavy atom. The molecule has 0 aromatic rings. The van der Waals surface area contributed by atoms with E-state index in [4.69, 9.17) is 9.47 Å². The molecule has 0 aliphatic carbocycles. The average molecular weight is 824 g/mol. The van der Waals surface area contributed by atoms with E-state index in [0.717, 1.165) is 32.1 Å². The molecule has 1 aliphatic heterocycles. The second-order valence-electron chi connectivity index (χ2n) is 16.9. The van der Waals surface area contributed by atoms with E-state index in [9.17, 15) is 35.4 Å². The highest BCUT2D eigenvalue weighted by Crippen LogP contribution is 2.23. The lowest BCUT2D eigenvalue weighted by molar-refractivity contribution is -0.302. The number of carbonyl (C=O) groups excluding carboxylic acids is 1. The zero-order valence-electron chi connectivity index (χ0n) is 37.1. The van der Waals surface area contributed by atoms with Crippen LogP contribution in [0.4, 0.5) is 0 Å². The molecule has 7 N–H and O–H groups in total. The van der Waals surface area contributed by atoms with Crippen LogP contribution >= 0.6 is 0 Å². The quantitative estimate of drug-likeness (QED) is 0.0183. The van der Waals surface area contributed by atoms with Crippen molar-refractivity contribution in [1.82, 2.24) is 5.32 Å². The van der Waals surface area contributed by atoms with E-state index in [1.165, 1.54) is 134 Å². The lowest BCUT2D eigenvalue weighted by atomic mass is 9.99. The standard InChI is InChI=1S/C48H89NO9/c1-4-6-8-10-12-13-14-15-16-17-18-19-20-21-22-23-25-27-31-36-42(52)47(56)49-40(38-57-48-46(55)45(54)44(53)43(37-50)58-48)41(51)35-32-28-30-34-39(3)33-29-26-24-11-9-7-5-2/h29,32-35,40-46,48,50-55H,4-28,30-31,36-38H2,1-3H3,(H,49,56). The van der Waals surface area contributed by atoms with Crippen LogP contribution in [0.15, 0.2) is 36.0 Å². The van der Waals surface area contributed by atoms with Gasteiger partial charge in [-0.05, 0) is 39.0 Å². The number of unbranched alkanes of at least 4 members (excludes halogenated alkanes) is 24. The molecule has 58 heavy (non-hydrogen) atoms. The molecule has 1 fully saturated rings.